The lowest BCUT2D eigenvalue weighted by Crippen LogP contribution is -2.24. The molecule has 0 saturated heterocycles. The molecule has 0 atom stereocenters. The van der Waals surface area contributed by atoms with E-state index < -0.39 is 0 Å². The molecular weight excluding hydrogens is 186 g/mol. The van der Waals surface area contributed by atoms with Gasteiger partial charge < -0.3 is 5.32 Å². The van der Waals surface area contributed by atoms with Crippen LogP contribution < -0.4 is 5.32 Å². The Morgan fingerprint density at radius 1 is 1.33 bits per heavy atom. The second-order valence-corrected chi connectivity index (χ2v) is 4.36. The summed E-state index contributed by atoms with van der Waals surface area (Å²) < 4.78 is 0. The van der Waals surface area contributed by atoms with Gasteiger partial charge in [-0.3, -0.25) is 4.79 Å². The molecule has 1 rings (SSSR count). The SMILES string of the molecule is CCC(C)(C)C(=O)c1ccccc1NC. The van der Waals surface area contributed by atoms with Crippen molar-refractivity contribution in [1.82, 2.24) is 0 Å². The third-order valence-corrected chi connectivity index (χ3v) is 2.94. The van der Waals surface area contributed by atoms with E-state index in [-0.39, 0.29) is 11.2 Å². The Labute approximate surface area is 91.7 Å². The highest BCUT2D eigenvalue weighted by molar-refractivity contribution is 6.04. The number of nitrogens with one attached hydrogen (secondary N) is 1. The average Bonchev–Trinajstić information content (AvgIpc) is 2.28. The van der Waals surface area contributed by atoms with Crippen molar-refractivity contribution in [3.63, 3.8) is 0 Å². The molecule has 15 heavy (non-hydrogen) atoms. The first-order valence-corrected chi connectivity index (χ1v) is 5.34. The Balaban J connectivity index is 3.11. The Morgan fingerprint density at radius 2 is 1.93 bits per heavy atom. The van der Waals surface area contributed by atoms with Gasteiger partial charge in [-0.2, -0.15) is 0 Å². The minimum absolute atomic E-state index is 0.204. The zero-order valence-corrected chi connectivity index (χ0v) is 9.92. The number of ketones is 1. The fraction of sp³-hybridized carbons (Fsp3) is 0.462. The van der Waals surface area contributed by atoms with Crippen molar-refractivity contribution in [2.24, 2.45) is 5.41 Å². The highest BCUT2D eigenvalue weighted by Crippen LogP contribution is 2.28. The normalized spacial score (nSPS) is 11.2. The number of Topliss-reactive ketones (excluding diaryl/α,β-unsaturated/α-hetero) is 1. The van der Waals surface area contributed by atoms with Crippen LogP contribution in [0.1, 0.15) is 37.6 Å². The molecule has 0 bridgehead atoms. The summed E-state index contributed by atoms with van der Waals surface area (Å²) in [5.74, 6) is 0.204. The second-order valence-electron chi connectivity index (χ2n) is 4.36. The Bertz CT molecular complexity index is 355. The zero-order valence-electron chi connectivity index (χ0n) is 9.92. The van der Waals surface area contributed by atoms with Gasteiger partial charge in [-0.1, -0.05) is 32.9 Å². The summed E-state index contributed by atoms with van der Waals surface area (Å²) in [5, 5.41) is 3.05. The van der Waals surface area contributed by atoms with Gasteiger partial charge in [0, 0.05) is 23.7 Å². The van der Waals surface area contributed by atoms with Crippen molar-refractivity contribution < 1.29 is 4.79 Å². The first kappa shape index (κ1) is 11.8. The summed E-state index contributed by atoms with van der Waals surface area (Å²) in [7, 11) is 1.84. The molecule has 1 aromatic rings. The molecule has 0 aliphatic heterocycles. The first-order valence-electron chi connectivity index (χ1n) is 5.34. The molecule has 2 heteroatoms. The molecule has 0 aliphatic carbocycles. The van der Waals surface area contributed by atoms with Gasteiger partial charge in [-0.25, -0.2) is 0 Å². The lowest BCUT2D eigenvalue weighted by Gasteiger charge is -2.22. The summed E-state index contributed by atoms with van der Waals surface area (Å²) in [6.45, 7) is 6.02. The number of hydrogen-bond acceptors (Lipinski definition) is 2. The molecule has 0 radical (unpaired) electrons. The maximum atomic E-state index is 12.2. The zero-order chi connectivity index (χ0) is 11.5. The Kier molecular flexibility index (Phi) is 3.51. The molecule has 0 heterocycles. The summed E-state index contributed by atoms with van der Waals surface area (Å²) in [4.78, 5) is 12.2. The number of carbonyl (C=O) groups is 1. The lowest BCUT2D eigenvalue weighted by molar-refractivity contribution is 0.0834. The minimum Gasteiger partial charge on any atom is -0.388 e. The first-order chi connectivity index (χ1) is 7.03. The van der Waals surface area contributed by atoms with Gasteiger partial charge in [-0.15, -0.1) is 0 Å². The molecule has 0 aliphatic rings. The summed E-state index contributed by atoms with van der Waals surface area (Å²) in [6, 6.07) is 7.64. The molecular formula is C13H19NO. The van der Waals surface area contributed by atoms with Crippen LogP contribution in [0.15, 0.2) is 24.3 Å². The van der Waals surface area contributed by atoms with Gasteiger partial charge in [0.05, 0.1) is 0 Å². The van der Waals surface area contributed by atoms with Crippen molar-refractivity contribution in [3.8, 4) is 0 Å². The predicted molar refractivity (Wildman–Crippen MR) is 64.4 cm³/mol. The lowest BCUT2D eigenvalue weighted by atomic mass is 9.81. The standard InChI is InChI=1S/C13H19NO/c1-5-13(2,3)12(15)10-8-6-7-9-11(10)14-4/h6-9,14H,5H2,1-4H3. The van der Waals surface area contributed by atoms with E-state index in [9.17, 15) is 4.79 Å². The van der Waals surface area contributed by atoms with Crippen molar-refractivity contribution in [2.75, 3.05) is 12.4 Å². The van der Waals surface area contributed by atoms with Gasteiger partial charge >= 0.3 is 0 Å². The van der Waals surface area contributed by atoms with Crippen LogP contribution in [0.4, 0.5) is 5.69 Å². The van der Waals surface area contributed by atoms with Crippen LogP contribution in [0.3, 0.4) is 0 Å². The van der Waals surface area contributed by atoms with Crippen LogP contribution >= 0.6 is 0 Å². The van der Waals surface area contributed by atoms with E-state index in [0.717, 1.165) is 17.7 Å². The molecule has 1 N–H and O–H groups in total. The maximum absolute atomic E-state index is 12.2. The van der Waals surface area contributed by atoms with E-state index in [2.05, 4.69) is 5.32 Å². The van der Waals surface area contributed by atoms with Crippen LogP contribution in [0.5, 0.6) is 0 Å². The quantitative estimate of drug-likeness (QED) is 0.764. The van der Waals surface area contributed by atoms with Gasteiger partial charge in [-0.05, 0) is 18.6 Å². The average molecular weight is 205 g/mol. The third kappa shape index (κ3) is 2.38. The molecule has 2 nitrogen and oxygen atoms in total. The third-order valence-electron chi connectivity index (χ3n) is 2.94. The molecule has 1 aromatic carbocycles. The molecule has 0 spiro atoms. The minimum atomic E-state index is -0.285. The van der Waals surface area contributed by atoms with E-state index in [1.807, 2.05) is 52.1 Å². The van der Waals surface area contributed by atoms with E-state index in [0.29, 0.717) is 0 Å². The van der Waals surface area contributed by atoms with Crippen LogP contribution in [0.25, 0.3) is 0 Å². The van der Waals surface area contributed by atoms with Crippen LogP contribution in [0, 0.1) is 5.41 Å². The number of para-hydroxylation sites is 1. The molecule has 0 unspecified atom stereocenters. The van der Waals surface area contributed by atoms with Gasteiger partial charge in [0.2, 0.25) is 0 Å². The summed E-state index contributed by atoms with van der Waals surface area (Å²) in [6.07, 6.45) is 0.851. The second kappa shape index (κ2) is 4.47. The number of anilines is 1. The van der Waals surface area contributed by atoms with E-state index >= 15 is 0 Å². The van der Waals surface area contributed by atoms with E-state index in [4.69, 9.17) is 0 Å². The van der Waals surface area contributed by atoms with Crippen molar-refractivity contribution in [1.29, 1.82) is 0 Å². The summed E-state index contributed by atoms with van der Waals surface area (Å²) >= 11 is 0. The monoisotopic (exact) mass is 205 g/mol. The Morgan fingerprint density at radius 3 is 2.47 bits per heavy atom. The number of benzene rings is 1. The topological polar surface area (TPSA) is 29.1 Å². The highest BCUT2D eigenvalue weighted by atomic mass is 16.1. The van der Waals surface area contributed by atoms with E-state index in [1.165, 1.54) is 0 Å². The smallest absolute Gasteiger partial charge is 0.170 e. The molecule has 82 valence electrons. The molecule has 0 saturated carbocycles. The number of hydrogen-bond donors (Lipinski definition) is 1. The van der Waals surface area contributed by atoms with Gasteiger partial charge in [0.25, 0.3) is 0 Å². The fourth-order valence-electron chi connectivity index (χ4n) is 1.42. The molecule has 0 aromatic heterocycles. The number of carbonyl (C=O) groups excluding carboxylic acids is 1. The maximum Gasteiger partial charge on any atom is 0.170 e. The van der Waals surface area contributed by atoms with Crippen LogP contribution in [-0.4, -0.2) is 12.8 Å². The van der Waals surface area contributed by atoms with Crippen LogP contribution in [0.2, 0.25) is 0 Å². The van der Waals surface area contributed by atoms with Gasteiger partial charge in [0.1, 0.15) is 0 Å². The van der Waals surface area contributed by atoms with E-state index in [1.54, 1.807) is 0 Å². The van der Waals surface area contributed by atoms with Crippen molar-refractivity contribution >= 4 is 11.5 Å². The predicted octanol–water partition coefficient (Wildman–Crippen LogP) is 3.35. The van der Waals surface area contributed by atoms with Crippen molar-refractivity contribution in [2.45, 2.75) is 27.2 Å². The largest absolute Gasteiger partial charge is 0.388 e. The van der Waals surface area contributed by atoms with Crippen LogP contribution in [-0.2, 0) is 0 Å². The number of rotatable bonds is 4. The fourth-order valence-corrected chi connectivity index (χ4v) is 1.42. The highest BCUT2D eigenvalue weighted by Gasteiger charge is 2.27. The summed E-state index contributed by atoms with van der Waals surface area (Å²) in [5.41, 5.74) is 1.41. The molecule has 0 amide bonds. The van der Waals surface area contributed by atoms with Gasteiger partial charge in [0.15, 0.2) is 5.78 Å². The Hall–Kier alpha value is -1.31. The molecule has 0 fully saturated rings. The van der Waals surface area contributed by atoms with Crippen molar-refractivity contribution in [3.05, 3.63) is 29.8 Å².